The second kappa shape index (κ2) is 6.18. The van der Waals surface area contributed by atoms with Gasteiger partial charge < -0.3 is 15.5 Å². The molecule has 1 aliphatic carbocycles. The number of hydrogen-bond acceptors (Lipinski definition) is 5. The van der Waals surface area contributed by atoms with E-state index in [2.05, 4.69) is 12.2 Å². The van der Waals surface area contributed by atoms with Crippen LogP contribution in [0.2, 0.25) is 5.02 Å². The maximum atomic E-state index is 11.9. The second-order valence-corrected chi connectivity index (χ2v) is 5.21. The molecule has 3 N–H and O–H groups in total. The lowest BCUT2D eigenvalue weighted by atomic mass is 9.92. The van der Waals surface area contributed by atoms with Gasteiger partial charge in [-0.1, -0.05) is 31.4 Å². The van der Waals surface area contributed by atoms with E-state index in [0.717, 1.165) is 31.4 Å². The lowest BCUT2D eigenvalue weighted by Crippen LogP contribution is -2.14. The van der Waals surface area contributed by atoms with E-state index in [1.54, 1.807) is 0 Å². The molecule has 0 heterocycles. The fourth-order valence-corrected chi connectivity index (χ4v) is 2.49. The van der Waals surface area contributed by atoms with Gasteiger partial charge in [0.05, 0.1) is 11.1 Å². The van der Waals surface area contributed by atoms with E-state index in [1.165, 1.54) is 0 Å². The van der Waals surface area contributed by atoms with Crippen LogP contribution in [0.4, 0.5) is 5.69 Å². The summed E-state index contributed by atoms with van der Waals surface area (Å²) in [5.41, 5.74) is -0.369. The smallest absolute Gasteiger partial charge is 0.190 e. The van der Waals surface area contributed by atoms with Gasteiger partial charge in [0.15, 0.2) is 17.3 Å². The molecule has 21 heavy (non-hydrogen) atoms. The van der Waals surface area contributed by atoms with Crippen molar-refractivity contribution in [3.63, 3.8) is 0 Å². The molecule has 0 aromatic heterocycles. The molecule has 0 unspecified atom stereocenters. The summed E-state index contributed by atoms with van der Waals surface area (Å²) in [6.45, 7) is 2.60. The fourth-order valence-electron chi connectivity index (χ4n) is 2.24. The second-order valence-electron chi connectivity index (χ2n) is 4.83. The van der Waals surface area contributed by atoms with E-state index in [0.29, 0.717) is 6.54 Å². The number of carbonyl (C=O) groups excluding carboxylic acids is 2. The Morgan fingerprint density at radius 3 is 2.19 bits per heavy atom. The number of anilines is 1. The van der Waals surface area contributed by atoms with Crippen LogP contribution in [-0.4, -0.2) is 28.3 Å². The van der Waals surface area contributed by atoms with Crippen molar-refractivity contribution in [2.24, 2.45) is 0 Å². The third kappa shape index (κ3) is 2.74. The number of carbonyl (C=O) groups is 2. The molecule has 0 spiro atoms. The summed E-state index contributed by atoms with van der Waals surface area (Å²) in [5.74, 6) is -1.97. The summed E-state index contributed by atoms with van der Waals surface area (Å²) in [4.78, 5) is 23.6. The highest BCUT2D eigenvalue weighted by molar-refractivity contribution is 6.37. The minimum atomic E-state index is -0.558. The number of phenolic OH excluding ortho intramolecular Hbond substituents is 2. The third-order valence-electron chi connectivity index (χ3n) is 3.35. The first kappa shape index (κ1) is 15.4. The quantitative estimate of drug-likeness (QED) is 0.441. The highest BCUT2D eigenvalue weighted by atomic mass is 35.5. The van der Waals surface area contributed by atoms with Crippen molar-refractivity contribution in [1.82, 2.24) is 0 Å². The van der Waals surface area contributed by atoms with Gasteiger partial charge in [0, 0.05) is 6.54 Å². The van der Waals surface area contributed by atoms with Crippen molar-refractivity contribution < 1.29 is 19.8 Å². The van der Waals surface area contributed by atoms with Gasteiger partial charge in [-0.25, -0.2) is 0 Å². The number of rotatable bonds is 5. The predicted octanol–water partition coefficient (Wildman–Crippen LogP) is 3.29. The van der Waals surface area contributed by atoms with Crippen LogP contribution in [0, 0.1) is 0 Å². The van der Waals surface area contributed by atoms with Crippen molar-refractivity contribution in [3.8, 4) is 11.5 Å². The largest absolute Gasteiger partial charge is 0.505 e. The van der Waals surface area contributed by atoms with Crippen LogP contribution >= 0.6 is 11.6 Å². The number of halogens is 1. The summed E-state index contributed by atoms with van der Waals surface area (Å²) < 4.78 is 0. The molecule has 1 aromatic rings. The summed E-state index contributed by atoms with van der Waals surface area (Å²) in [5, 5.41) is 23.0. The Hall–Kier alpha value is -2.01. The third-order valence-corrected chi connectivity index (χ3v) is 3.72. The Morgan fingerprint density at radius 1 is 1.05 bits per heavy atom. The van der Waals surface area contributed by atoms with E-state index >= 15 is 0 Å². The van der Waals surface area contributed by atoms with Crippen LogP contribution in [0.5, 0.6) is 11.5 Å². The molecule has 0 amide bonds. The number of phenols is 2. The van der Waals surface area contributed by atoms with Gasteiger partial charge in [0.1, 0.15) is 16.5 Å². The van der Waals surface area contributed by atoms with E-state index in [1.807, 2.05) is 0 Å². The van der Waals surface area contributed by atoms with Crippen molar-refractivity contribution >= 4 is 28.9 Å². The number of fused-ring (bicyclic) bond motifs is 1. The minimum Gasteiger partial charge on any atom is -0.505 e. The van der Waals surface area contributed by atoms with Gasteiger partial charge in [0.2, 0.25) is 0 Å². The molecule has 5 nitrogen and oxygen atoms in total. The molecule has 2 rings (SSSR count). The van der Waals surface area contributed by atoms with E-state index in [9.17, 15) is 19.8 Å². The number of allylic oxidation sites excluding steroid dienone is 2. The molecule has 0 bridgehead atoms. The first-order chi connectivity index (χ1) is 9.99. The Labute approximate surface area is 127 Å². The van der Waals surface area contributed by atoms with Crippen LogP contribution < -0.4 is 5.32 Å². The molecule has 112 valence electrons. The Kier molecular flexibility index (Phi) is 4.53. The molecule has 0 saturated carbocycles. The standard InChI is InChI=1S/C15H16ClNO4/c1-2-3-4-7-17-13-12(16)14(20)10-8(18)5-6-9(19)11(10)15(13)21/h5-6,17,20-21H,2-4,7H2,1H3. The van der Waals surface area contributed by atoms with Crippen LogP contribution in [0.3, 0.4) is 0 Å². The Bertz CT molecular complexity index is 637. The topological polar surface area (TPSA) is 86.6 Å². The zero-order valence-corrected chi connectivity index (χ0v) is 12.3. The molecule has 0 fully saturated rings. The number of nitrogens with one attached hydrogen (secondary N) is 1. The maximum Gasteiger partial charge on any atom is 0.190 e. The zero-order valence-electron chi connectivity index (χ0n) is 11.6. The lowest BCUT2D eigenvalue weighted by Gasteiger charge is -2.18. The summed E-state index contributed by atoms with van der Waals surface area (Å²) in [6.07, 6.45) is 5.01. The highest BCUT2D eigenvalue weighted by Gasteiger charge is 2.31. The van der Waals surface area contributed by atoms with Crippen LogP contribution in [0.1, 0.15) is 46.9 Å². The minimum absolute atomic E-state index is 0.0838. The van der Waals surface area contributed by atoms with Gasteiger partial charge in [0.25, 0.3) is 0 Å². The van der Waals surface area contributed by atoms with Crippen LogP contribution in [-0.2, 0) is 0 Å². The molecule has 1 aliphatic rings. The Morgan fingerprint density at radius 2 is 1.62 bits per heavy atom. The van der Waals surface area contributed by atoms with E-state index < -0.39 is 23.1 Å². The number of benzene rings is 1. The average Bonchev–Trinajstić information content (AvgIpc) is 2.46. The monoisotopic (exact) mass is 309 g/mol. The van der Waals surface area contributed by atoms with Crippen LogP contribution in [0.15, 0.2) is 12.2 Å². The summed E-state index contributed by atoms with van der Waals surface area (Å²) >= 11 is 6.00. The van der Waals surface area contributed by atoms with Crippen LogP contribution in [0.25, 0.3) is 0 Å². The summed E-state index contributed by atoms with van der Waals surface area (Å²) in [6, 6.07) is 0. The van der Waals surface area contributed by atoms with E-state index in [4.69, 9.17) is 11.6 Å². The number of ketones is 2. The maximum absolute atomic E-state index is 11.9. The lowest BCUT2D eigenvalue weighted by molar-refractivity contribution is 0.0989. The van der Waals surface area contributed by atoms with E-state index in [-0.39, 0.29) is 21.8 Å². The average molecular weight is 310 g/mol. The molecular weight excluding hydrogens is 294 g/mol. The molecule has 1 aromatic carbocycles. The van der Waals surface area contributed by atoms with Crippen molar-refractivity contribution in [3.05, 3.63) is 28.3 Å². The van der Waals surface area contributed by atoms with Crippen molar-refractivity contribution in [2.75, 3.05) is 11.9 Å². The molecule has 0 atom stereocenters. The van der Waals surface area contributed by atoms with Crippen molar-refractivity contribution in [2.45, 2.75) is 26.2 Å². The fraction of sp³-hybridized carbons (Fsp3) is 0.333. The predicted molar refractivity (Wildman–Crippen MR) is 80.6 cm³/mol. The highest BCUT2D eigenvalue weighted by Crippen LogP contribution is 2.46. The first-order valence-corrected chi connectivity index (χ1v) is 7.14. The molecular formula is C15H16ClNO4. The van der Waals surface area contributed by atoms with Gasteiger partial charge >= 0.3 is 0 Å². The number of unbranched alkanes of at least 4 members (excludes halogenated alkanes) is 2. The number of hydrogen-bond donors (Lipinski definition) is 3. The normalized spacial score (nSPS) is 13.4. The number of aromatic hydroxyl groups is 2. The molecule has 0 aliphatic heterocycles. The van der Waals surface area contributed by atoms with Gasteiger partial charge in [-0.15, -0.1) is 0 Å². The van der Waals surface area contributed by atoms with Crippen molar-refractivity contribution in [1.29, 1.82) is 0 Å². The van der Waals surface area contributed by atoms with Gasteiger partial charge in [-0.2, -0.15) is 0 Å². The Balaban J connectivity index is 2.45. The molecule has 0 saturated heterocycles. The first-order valence-electron chi connectivity index (χ1n) is 6.77. The summed E-state index contributed by atoms with van der Waals surface area (Å²) in [7, 11) is 0. The van der Waals surface area contributed by atoms with Gasteiger partial charge in [-0.05, 0) is 18.6 Å². The van der Waals surface area contributed by atoms with Gasteiger partial charge in [-0.3, -0.25) is 9.59 Å². The SMILES string of the molecule is CCCCCNc1c(O)c2c(c(O)c1Cl)C(=O)C=CC2=O. The molecule has 0 radical (unpaired) electrons. The molecule has 6 heteroatoms. The zero-order chi connectivity index (χ0) is 15.6.